The van der Waals surface area contributed by atoms with E-state index in [9.17, 15) is 14.7 Å². The van der Waals surface area contributed by atoms with E-state index in [0.29, 0.717) is 13.0 Å². The van der Waals surface area contributed by atoms with E-state index in [1.165, 1.54) is 17.5 Å². The van der Waals surface area contributed by atoms with Crippen molar-refractivity contribution in [1.82, 2.24) is 15.2 Å². The fourth-order valence-corrected chi connectivity index (χ4v) is 5.35. The Balaban J connectivity index is 1.14. The van der Waals surface area contributed by atoms with E-state index in [1.54, 1.807) is 0 Å². The summed E-state index contributed by atoms with van der Waals surface area (Å²) in [4.78, 5) is 31.7. The molecule has 3 heterocycles. The first kappa shape index (κ1) is 26.1. The van der Waals surface area contributed by atoms with Crippen LogP contribution in [0.2, 0.25) is 0 Å². The van der Waals surface area contributed by atoms with Crippen LogP contribution in [0.5, 0.6) is 0 Å². The molecule has 0 saturated carbocycles. The number of carbonyl (C=O) groups is 2. The molecule has 2 aliphatic heterocycles. The van der Waals surface area contributed by atoms with Crippen LogP contribution in [0.1, 0.15) is 74.6 Å². The molecule has 1 aromatic carbocycles. The normalized spacial score (nSPS) is 18.3. The van der Waals surface area contributed by atoms with Crippen LogP contribution in [0.3, 0.4) is 0 Å². The van der Waals surface area contributed by atoms with Crippen molar-refractivity contribution in [2.75, 3.05) is 18.4 Å². The number of benzene rings is 1. The van der Waals surface area contributed by atoms with Gasteiger partial charge >= 0.3 is 5.97 Å². The number of nitrogens with zero attached hydrogens (tertiary/aromatic N) is 2. The van der Waals surface area contributed by atoms with Crippen molar-refractivity contribution in [3.63, 3.8) is 0 Å². The number of pyridine rings is 1. The van der Waals surface area contributed by atoms with Gasteiger partial charge in [-0.2, -0.15) is 0 Å². The predicted molar refractivity (Wildman–Crippen MR) is 142 cm³/mol. The van der Waals surface area contributed by atoms with Crippen LogP contribution in [0.25, 0.3) is 0 Å². The number of amides is 1. The van der Waals surface area contributed by atoms with Crippen molar-refractivity contribution in [2.45, 2.75) is 89.3 Å². The second-order valence-electron chi connectivity index (χ2n) is 10.2. The first-order valence-electron chi connectivity index (χ1n) is 13.6. The number of fused-ring (bicyclic) bond motifs is 1. The molecule has 3 N–H and O–H groups in total. The summed E-state index contributed by atoms with van der Waals surface area (Å²) < 4.78 is 0. The van der Waals surface area contributed by atoms with Crippen molar-refractivity contribution >= 4 is 17.7 Å². The molecule has 1 aromatic heterocycles. The van der Waals surface area contributed by atoms with Crippen LogP contribution in [0, 0.1) is 0 Å². The van der Waals surface area contributed by atoms with Gasteiger partial charge in [-0.3, -0.25) is 9.69 Å². The van der Waals surface area contributed by atoms with Crippen LogP contribution in [0.15, 0.2) is 42.5 Å². The van der Waals surface area contributed by atoms with Gasteiger partial charge in [-0.15, -0.1) is 0 Å². The molecule has 7 heteroatoms. The molecule has 4 rings (SSSR count). The molecule has 0 spiro atoms. The number of carboxylic acid groups (broad SMARTS) is 1. The Morgan fingerprint density at radius 3 is 2.69 bits per heavy atom. The van der Waals surface area contributed by atoms with E-state index in [2.05, 4.69) is 39.8 Å². The molecule has 1 fully saturated rings. The molecule has 1 amide bonds. The lowest BCUT2D eigenvalue weighted by Crippen LogP contribution is -2.49. The monoisotopic (exact) mass is 492 g/mol. The van der Waals surface area contributed by atoms with Crippen molar-refractivity contribution in [3.8, 4) is 0 Å². The van der Waals surface area contributed by atoms with E-state index < -0.39 is 12.0 Å². The Labute approximate surface area is 214 Å². The molecule has 0 radical (unpaired) electrons. The minimum absolute atomic E-state index is 0.150. The van der Waals surface area contributed by atoms with Gasteiger partial charge in [0.2, 0.25) is 5.91 Å². The van der Waals surface area contributed by atoms with Crippen molar-refractivity contribution in [3.05, 3.63) is 59.3 Å². The molecule has 2 unspecified atom stereocenters. The number of unbranched alkanes of at least 4 members (excludes halogenated alkanes) is 4. The molecule has 0 bridgehead atoms. The average molecular weight is 493 g/mol. The number of hydrogen-bond acceptors (Lipinski definition) is 5. The SMILES string of the molecule is O=C(O)C(CCCCCCCc1ccc2c(n1)NCCC2)NC(=O)C1CCCN1Cc1ccccc1. The second kappa shape index (κ2) is 13.4. The van der Waals surface area contributed by atoms with Gasteiger partial charge in [0.1, 0.15) is 11.9 Å². The lowest BCUT2D eigenvalue weighted by atomic mass is 10.0. The first-order valence-corrected chi connectivity index (χ1v) is 13.6. The van der Waals surface area contributed by atoms with Gasteiger partial charge in [0, 0.05) is 18.8 Å². The van der Waals surface area contributed by atoms with E-state index >= 15 is 0 Å². The standard InChI is InChI=1S/C29H40N4O3/c34-28(26-16-10-20-33(26)21-22-11-5-4-6-12-22)32-25(29(35)36)15-8-3-1-2-7-14-24-18-17-23-13-9-19-30-27(23)31-24/h4-6,11-12,17-18,25-26H,1-3,7-10,13-16,19-21H2,(H,30,31)(H,32,34)(H,35,36). The molecule has 7 nitrogen and oxygen atoms in total. The number of carboxylic acids is 1. The highest BCUT2D eigenvalue weighted by molar-refractivity contribution is 5.87. The van der Waals surface area contributed by atoms with Crippen LogP contribution in [-0.4, -0.2) is 52.0 Å². The summed E-state index contributed by atoms with van der Waals surface area (Å²) in [6.07, 6.45) is 10.5. The Morgan fingerprint density at radius 1 is 1.06 bits per heavy atom. The van der Waals surface area contributed by atoms with E-state index in [4.69, 9.17) is 4.98 Å². The molecular formula is C29H40N4O3. The molecule has 2 aliphatic rings. The first-order chi connectivity index (χ1) is 17.6. The Morgan fingerprint density at radius 2 is 1.86 bits per heavy atom. The maximum Gasteiger partial charge on any atom is 0.326 e. The van der Waals surface area contributed by atoms with Gasteiger partial charge in [0.05, 0.1) is 6.04 Å². The van der Waals surface area contributed by atoms with Crippen molar-refractivity contribution < 1.29 is 14.7 Å². The zero-order chi connectivity index (χ0) is 25.2. The molecule has 1 saturated heterocycles. The molecule has 2 aromatic rings. The van der Waals surface area contributed by atoms with E-state index in [-0.39, 0.29) is 11.9 Å². The predicted octanol–water partition coefficient (Wildman–Crippen LogP) is 4.56. The molecule has 2 atom stereocenters. The smallest absolute Gasteiger partial charge is 0.326 e. The number of aromatic nitrogens is 1. The molecule has 194 valence electrons. The highest BCUT2D eigenvalue weighted by Gasteiger charge is 2.32. The Hall–Kier alpha value is -2.93. The van der Waals surface area contributed by atoms with Gasteiger partial charge < -0.3 is 15.7 Å². The zero-order valence-electron chi connectivity index (χ0n) is 21.3. The number of aliphatic carboxylic acids is 1. The topological polar surface area (TPSA) is 94.6 Å². The van der Waals surface area contributed by atoms with Crippen LogP contribution < -0.4 is 10.6 Å². The van der Waals surface area contributed by atoms with Gasteiger partial charge in [-0.1, -0.05) is 62.1 Å². The van der Waals surface area contributed by atoms with Crippen LogP contribution in [-0.2, 0) is 29.0 Å². The highest BCUT2D eigenvalue weighted by Crippen LogP contribution is 2.22. The lowest BCUT2D eigenvalue weighted by Gasteiger charge is -2.25. The summed E-state index contributed by atoms with van der Waals surface area (Å²) in [5.41, 5.74) is 3.64. The maximum atomic E-state index is 12.9. The summed E-state index contributed by atoms with van der Waals surface area (Å²) in [5, 5.41) is 15.9. The Kier molecular flexibility index (Phi) is 9.73. The minimum Gasteiger partial charge on any atom is -0.480 e. The quantitative estimate of drug-likeness (QED) is 0.355. The fraction of sp³-hybridized carbons (Fsp3) is 0.552. The summed E-state index contributed by atoms with van der Waals surface area (Å²) >= 11 is 0. The number of hydrogen-bond donors (Lipinski definition) is 3. The van der Waals surface area contributed by atoms with Crippen molar-refractivity contribution in [2.24, 2.45) is 0 Å². The number of carbonyl (C=O) groups excluding carboxylic acids is 1. The van der Waals surface area contributed by atoms with Crippen molar-refractivity contribution in [1.29, 1.82) is 0 Å². The summed E-state index contributed by atoms with van der Waals surface area (Å²) in [6.45, 7) is 2.59. The summed E-state index contributed by atoms with van der Waals surface area (Å²) in [7, 11) is 0. The van der Waals surface area contributed by atoms with Crippen LogP contribution in [0.4, 0.5) is 5.82 Å². The highest BCUT2D eigenvalue weighted by atomic mass is 16.4. The second-order valence-corrected chi connectivity index (χ2v) is 10.2. The molecular weight excluding hydrogens is 452 g/mol. The summed E-state index contributed by atoms with van der Waals surface area (Å²) in [6, 6.07) is 13.4. The van der Waals surface area contributed by atoms with Gasteiger partial charge in [-0.25, -0.2) is 9.78 Å². The molecule has 36 heavy (non-hydrogen) atoms. The average Bonchev–Trinajstić information content (AvgIpc) is 3.36. The number of aryl methyl sites for hydroxylation is 2. The Bertz CT molecular complexity index is 997. The number of nitrogens with one attached hydrogen (secondary N) is 2. The largest absolute Gasteiger partial charge is 0.480 e. The number of anilines is 1. The number of likely N-dealkylation sites (tertiary alicyclic amines) is 1. The van der Waals surface area contributed by atoms with Gasteiger partial charge in [-0.05, 0) is 68.7 Å². The van der Waals surface area contributed by atoms with E-state index in [0.717, 1.165) is 82.4 Å². The zero-order valence-corrected chi connectivity index (χ0v) is 21.3. The van der Waals surface area contributed by atoms with E-state index in [1.807, 2.05) is 18.2 Å². The number of rotatable bonds is 13. The maximum absolute atomic E-state index is 12.9. The third-order valence-electron chi connectivity index (χ3n) is 7.39. The fourth-order valence-electron chi connectivity index (χ4n) is 5.35. The summed E-state index contributed by atoms with van der Waals surface area (Å²) in [5.74, 6) is -0.0350. The minimum atomic E-state index is -0.942. The van der Waals surface area contributed by atoms with Gasteiger partial charge in [0.25, 0.3) is 0 Å². The lowest BCUT2D eigenvalue weighted by molar-refractivity contribution is -0.142. The van der Waals surface area contributed by atoms with Crippen LogP contribution >= 0.6 is 0 Å². The molecule has 0 aliphatic carbocycles. The van der Waals surface area contributed by atoms with Gasteiger partial charge in [0.15, 0.2) is 0 Å². The third-order valence-corrected chi connectivity index (χ3v) is 7.39. The third kappa shape index (κ3) is 7.53.